The van der Waals surface area contributed by atoms with E-state index in [-0.39, 0.29) is 17.4 Å². The van der Waals surface area contributed by atoms with Gasteiger partial charge in [-0.15, -0.1) is 0 Å². The van der Waals surface area contributed by atoms with Gasteiger partial charge < -0.3 is 25.3 Å². The average molecular weight is 517 g/mol. The number of aliphatic hydroxyl groups excluding tert-OH is 1. The fraction of sp³-hybridized carbons (Fsp3) is 0.531. The second-order valence-corrected chi connectivity index (χ2v) is 12.5. The molecule has 1 unspecified atom stereocenters. The molecule has 1 heterocycles. The molecule has 4 aliphatic carbocycles. The van der Waals surface area contributed by atoms with Gasteiger partial charge in [-0.25, -0.2) is 0 Å². The van der Waals surface area contributed by atoms with Crippen LogP contribution >= 0.6 is 0 Å². The molecule has 3 aromatic rings. The molecule has 38 heavy (non-hydrogen) atoms. The number of rotatable bonds is 10. The predicted octanol–water partition coefficient (Wildman–Crippen LogP) is 5.47. The van der Waals surface area contributed by atoms with Crippen molar-refractivity contribution in [2.75, 3.05) is 13.2 Å². The molecular weight excluding hydrogens is 476 g/mol. The first-order valence-corrected chi connectivity index (χ1v) is 14.3. The highest BCUT2D eigenvalue weighted by molar-refractivity contribution is 5.87. The summed E-state index contributed by atoms with van der Waals surface area (Å²) >= 11 is 0. The number of aliphatic hydroxyl groups is 1. The van der Waals surface area contributed by atoms with Gasteiger partial charge in [-0.1, -0.05) is 18.2 Å². The molecule has 0 radical (unpaired) electrons. The lowest BCUT2D eigenvalue weighted by Crippen LogP contribution is -2.46. The number of aromatic hydroxyl groups is 1. The van der Waals surface area contributed by atoms with Crippen LogP contribution in [-0.4, -0.2) is 34.4 Å². The van der Waals surface area contributed by atoms with Crippen LogP contribution in [0.25, 0.3) is 10.9 Å². The molecular formula is C32H40N2O4. The highest BCUT2D eigenvalue weighted by Gasteiger charge is 2.50. The lowest BCUT2D eigenvalue weighted by molar-refractivity contribution is -0.0622. The van der Waals surface area contributed by atoms with Crippen LogP contribution in [0.15, 0.2) is 53.3 Å². The fourth-order valence-corrected chi connectivity index (χ4v) is 8.10. The monoisotopic (exact) mass is 516 g/mol. The second kappa shape index (κ2) is 10.4. The van der Waals surface area contributed by atoms with E-state index < -0.39 is 6.10 Å². The summed E-state index contributed by atoms with van der Waals surface area (Å²) < 4.78 is 6.20. The number of benzene rings is 2. The van der Waals surface area contributed by atoms with E-state index in [1.165, 1.54) is 62.6 Å². The number of fused-ring (bicyclic) bond motifs is 1. The number of phenolic OH excluding ortho intramolecular Hbond substituents is 1. The third-order valence-corrected chi connectivity index (χ3v) is 9.46. The Balaban J connectivity index is 0.979. The lowest BCUT2D eigenvalue weighted by Gasteiger charge is -2.57. The van der Waals surface area contributed by atoms with E-state index in [4.69, 9.17) is 4.74 Å². The average Bonchev–Trinajstić information content (AvgIpc) is 2.88. The number of aromatic nitrogens is 1. The Kier molecular flexibility index (Phi) is 6.95. The van der Waals surface area contributed by atoms with Gasteiger partial charge >= 0.3 is 0 Å². The zero-order valence-corrected chi connectivity index (χ0v) is 22.3. The zero-order chi connectivity index (χ0) is 26.3. The summed E-state index contributed by atoms with van der Waals surface area (Å²) in [5.41, 5.74) is 2.52. The number of hydrogen-bond acceptors (Lipinski definition) is 5. The summed E-state index contributed by atoms with van der Waals surface area (Å²) in [6, 6.07) is 14.9. The first-order valence-electron chi connectivity index (χ1n) is 14.3. The van der Waals surface area contributed by atoms with Crippen molar-refractivity contribution in [3.05, 3.63) is 70.0 Å². The molecule has 6 heteroatoms. The summed E-state index contributed by atoms with van der Waals surface area (Å²) in [7, 11) is 0. The van der Waals surface area contributed by atoms with Crippen molar-refractivity contribution in [3.8, 4) is 11.5 Å². The Hall–Kier alpha value is -2.83. The van der Waals surface area contributed by atoms with Crippen LogP contribution in [0.4, 0.5) is 0 Å². The topological polar surface area (TPSA) is 94.6 Å². The molecule has 1 aromatic heterocycles. The minimum Gasteiger partial charge on any atom is -0.506 e. The number of aromatic amines is 1. The minimum atomic E-state index is -0.767. The van der Waals surface area contributed by atoms with E-state index in [1.807, 2.05) is 0 Å². The van der Waals surface area contributed by atoms with Crippen molar-refractivity contribution < 1.29 is 14.9 Å². The van der Waals surface area contributed by atoms with Crippen molar-refractivity contribution in [3.63, 3.8) is 0 Å². The molecule has 4 aliphatic rings. The molecule has 6 nitrogen and oxygen atoms in total. The molecule has 0 amide bonds. The van der Waals surface area contributed by atoms with Gasteiger partial charge in [-0.2, -0.15) is 0 Å². The summed E-state index contributed by atoms with van der Waals surface area (Å²) in [5.74, 6) is 3.91. The molecule has 7 rings (SSSR count). The van der Waals surface area contributed by atoms with Gasteiger partial charge in [-0.05, 0) is 117 Å². The van der Waals surface area contributed by atoms with Gasteiger partial charge in [0.05, 0.1) is 18.2 Å². The maximum Gasteiger partial charge on any atom is 0.248 e. The van der Waals surface area contributed by atoms with Gasteiger partial charge in [0.25, 0.3) is 0 Å². The molecule has 0 saturated heterocycles. The second-order valence-electron chi connectivity index (χ2n) is 12.5. The van der Waals surface area contributed by atoms with Crippen LogP contribution in [0.5, 0.6) is 11.5 Å². The normalized spacial score (nSPS) is 27.5. The quantitative estimate of drug-likeness (QED) is 0.287. The van der Waals surface area contributed by atoms with Crippen LogP contribution < -0.4 is 15.6 Å². The Morgan fingerprint density at radius 2 is 1.68 bits per heavy atom. The summed E-state index contributed by atoms with van der Waals surface area (Å²) in [4.78, 5) is 14.3. The molecule has 0 spiro atoms. The van der Waals surface area contributed by atoms with E-state index in [9.17, 15) is 15.0 Å². The Morgan fingerprint density at radius 1 is 1.00 bits per heavy atom. The minimum absolute atomic E-state index is 0.00449. The molecule has 202 valence electrons. The molecule has 0 aliphatic heterocycles. The van der Waals surface area contributed by atoms with E-state index in [0.29, 0.717) is 28.4 Å². The van der Waals surface area contributed by atoms with Crippen LogP contribution in [0, 0.1) is 23.2 Å². The highest BCUT2D eigenvalue weighted by Crippen LogP contribution is 2.61. The standard InChI is InChI=1S/C32H40N2O4/c1-20(33-19-29(36)26-6-8-28(35)31-27(26)7-9-30(37)34-31)12-21-2-4-25(5-3-21)38-11-10-32-16-22-13-23(17-32)15-24(14-22)18-32/h2-9,20,22-24,29,33,35-36H,10-19H2,1H3,(H,34,37)/t20?,22?,23?,24?,29-,32?/m0/s1. The van der Waals surface area contributed by atoms with Crippen molar-refractivity contribution in [1.82, 2.24) is 10.3 Å². The van der Waals surface area contributed by atoms with Gasteiger partial charge in [0.15, 0.2) is 0 Å². The third-order valence-electron chi connectivity index (χ3n) is 9.46. The van der Waals surface area contributed by atoms with E-state index >= 15 is 0 Å². The van der Waals surface area contributed by atoms with Gasteiger partial charge in [0.2, 0.25) is 5.56 Å². The number of H-pyrrole nitrogens is 1. The number of phenols is 1. The molecule has 4 bridgehead atoms. The first kappa shape index (κ1) is 25.4. The summed E-state index contributed by atoms with van der Waals surface area (Å²) in [6.07, 6.45) is 10.0. The highest BCUT2D eigenvalue weighted by atomic mass is 16.5. The third kappa shape index (κ3) is 5.34. The molecule has 4 N–H and O–H groups in total. The van der Waals surface area contributed by atoms with Crippen molar-refractivity contribution in [2.24, 2.45) is 23.2 Å². The van der Waals surface area contributed by atoms with Gasteiger partial charge in [0, 0.05) is 24.0 Å². The predicted molar refractivity (Wildman–Crippen MR) is 150 cm³/mol. The first-order chi connectivity index (χ1) is 18.4. The Labute approximate surface area is 224 Å². The Bertz CT molecular complexity index is 1300. The fourth-order valence-electron chi connectivity index (χ4n) is 8.10. The van der Waals surface area contributed by atoms with E-state index in [2.05, 4.69) is 41.5 Å². The van der Waals surface area contributed by atoms with E-state index in [0.717, 1.165) is 36.5 Å². The van der Waals surface area contributed by atoms with Gasteiger partial charge in [0.1, 0.15) is 11.5 Å². The number of ether oxygens (including phenoxy) is 1. The SMILES string of the molecule is CC(Cc1ccc(OCCC23CC4CC(CC(C4)C2)C3)cc1)NC[C@H](O)c1ccc(O)c2[nH]c(=O)ccc12. The maximum atomic E-state index is 11.6. The van der Waals surface area contributed by atoms with Crippen molar-refractivity contribution >= 4 is 10.9 Å². The van der Waals surface area contributed by atoms with E-state index in [1.54, 1.807) is 12.1 Å². The number of pyridine rings is 1. The van der Waals surface area contributed by atoms with Crippen molar-refractivity contribution in [1.29, 1.82) is 0 Å². The summed E-state index contributed by atoms with van der Waals surface area (Å²) in [5, 5.41) is 25.0. The van der Waals surface area contributed by atoms with Crippen molar-refractivity contribution in [2.45, 2.75) is 70.4 Å². The zero-order valence-electron chi connectivity index (χ0n) is 22.3. The van der Waals surface area contributed by atoms with Gasteiger partial charge in [-0.3, -0.25) is 4.79 Å². The van der Waals surface area contributed by atoms with Crippen LogP contribution in [0.3, 0.4) is 0 Å². The smallest absolute Gasteiger partial charge is 0.248 e. The number of nitrogens with one attached hydrogen (secondary N) is 2. The molecule has 2 aromatic carbocycles. The maximum absolute atomic E-state index is 11.6. The largest absolute Gasteiger partial charge is 0.506 e. The summed E-state index contributed by atoms with van der Waals surface area (Å²) in [6.45, 7) is 3.29. The molecule has 4 saturated carbocycles. The van der Waals surface area contributed by atoms with Crippen LogP contribution in [0.1, 0.15) is 69.1 Å². The molecule has 2 atom stereocenters. The van der Waals surface area contributed by atoms with Crippen LogP contribution in [0.2, 0.25) is 0 Å². The lowest BCUT2D eigenvalue weighted by atomic mass is 9.49. The van der Waals surface area contributed by atoms with Crippen LogP contribution in [-0.2, 0) is 6.42 Å². The Morgan fingerprint density at radius 3 is 2.37 bits per heavy atom. The molecule has 4 fully saturated rings. The number of hydrogen-bond donors (Lipinski definition) is 4.